The molecule has 0 spiro atoms. The van der Waals surface area contributed by atoms with E-state index in [4.69, 9.17) is 26.2 Å². The molecule has 2 unspecified atom stereocenters. The van der Waals surface area contributed by atoms with E-state index in [-0.39, 0.29) is 61.8 Å². The molecule has 1 fully saturated rings. The third-order valence-corrected chi connectivity index (χ3v) is 2.68. The quantitative estimate of drug-likeness (QED) is 0.431. The molecule has 0 aromatic carbocycles. The fourth-order valence-corrected chi connectivity index (χ4v) is 1.75. The molecule has 1 aromatic heterocycles. The van der Waals surface area contributed by atoms with Gasteiger partial charge in [-0.15, -0.1) is 0 Å². The molecule has 11 heteroatoms. The van der Waals surface area contributed by atoms with E-state index >= 15 is 0 Å². The van der Waals surface area contributed by atoms with Crippen molar-refractivity contribution in [3.63, 3.8) is 0 Å². The molecule has 0 aliphatic carbocycles. The van der Waals surface area contributed by atoms with Crippen LogP contribution in [0.5, 0.6) is 0 Å². The zero-order valence-electron chi connectivity index (χ0n) is 11.8. The van der Waals surface area contributed by atoms with Crippen LogP contribution in [0.1, 0.15) is 26.5 Å². The van der Waals surface area contributed by atoms with Crippen molar-refractivity contribution >= 4 is 22.2 Å². The smallest absolute Gasteiger partial charge is 0.291 e. The minimum atomic E-state index is -0.970. The Morgan fingerprint density at radius 3 is 2.52 bits per heavy atom. The van der Waals surface area contributed by atoms with Gasteiger partial charge >= 0.3 is 0 Å². The van der Waals surface area contributed by atoms with Crippen LogP contribution in [0, 0.1) is 35.6 Å². The molecule has 8 nitrogen and oxygen atoms in total. The number of rotatable bonds is 4. The van der Waals surface area contributed by atoms with Gasteiger partial charge in [-0.3, -0.25) is 14.4 Å². The van der Waals surface area contributed by atoms with Gasteiger partial charge in [0.2, 0.25) is 0 Å². The standard InChI is InChI=1S/C9H13N3O3.C2H2B2O2.CH4.La/c10-5-6-1-2-8(15-6)12-4-3-7(13)11-9(12)14;3-2(4)6-1-5;;/h3-4,6,8H,1-2,5,10H2,(H,11,13,14);1-2H;1H4;/p-1. The van der Waals surface area contributed by atoms with E-state index in [0.29, 0.717) is 6.54 Å². The molecule has 2 rings (SSSR count). The van der Waals surface area contributed by atoms with Crippen LogP contribution < -0.4 is 22.0 Å². The molecule has 2 N–H and O–H groups in total. The van der Waals surface area contributed by atoms with E-state index in [2.05, 4.69) is 9.72 Å². The zero-order valence-corrected chi connectivity index (χ0v) is 15.5. The number of hydrogen-bond acceptors (Lipinski definition) is 6. The second-order valence-electron chi connectivity index (χ2n) is 4.18. The van der Waals surface area contributed by atoms with Crippen molar-refractivity contribution in [2.75, 3.05) is 6.54 Å². The third kappa shape index (κ3) is 8.71. The Morgan fingerprint density at radius 1 is 1.48 bits per heavy atom. The van der Waals surface area contributed by atoms with Gasteiger partial charge in [0.05, 0.1) is 12.3 Å². The van der Waals surface area contributed by atoms with Crippen LogP contribution in [-0.2, 0) is 14.3 Å². The Balaban J connectivity index is 0. The molecule has 2 heterocycles. The SMILES string of the molecule is C.NCC1CCC(n2ccc(=O)[n-]c2=O)O1.[B]C([B])OC=O.[La]. The summed E-state index contributed by atoms with van der Waals surface area (Å²) in [5.41, 5.74) is 4.37. The van der Waals surface area contributed by atoms with Gasteiger partial charge in [0.25, 0.3) is 6.47 Å². The molecule has 0 amide bonds. The number of carbonyl (C=O) groups is 1. The summed E-state index contributed by atoms with van der Waals surface area (Å²) in [6, 6.07) is 1.25. The first-order chi connectivity index (χ1) is 9.97. The average molecular weight is 445 g/mol. The topological polar surface area (TPSA) is 115 Å². The summed E-state index contributed by atoms with van der Waals surface area (Å²) in [5.74, 6) is -0.970. The predicted octanol–water partition coefficient (Wildman–Crippen LogP) is -1.78. The maximum Gasteiger partial charge on any atom is 0.291 e. The van der Waals surface area contributed by atoms with E-state index < -0.39 is 17.2 Å². The first-order valence-electron chi connectivity index (χ1n) is 6.20. The Labute approximate surface area is 164 Å². The van der Waals surface area contributed by atoms with Crippen molar-refractivity contribution < 1.29 is 49.9 Å². The minimum Gasteiger partial charge on any atom is -0.485 e. The monoisotopic (exact) mass is 445 g/mol. The van der Waals surface area contributed by atoms with Gasteiger partial charge in [-0.1, -0.05) is 13.6 Å². The molecule has 121 valence electrons. The van der Waals surface area contributed by atoms with E-state index in [0.717, 1.165) is 12.8 Å². The molecule has 5 radical (unpaired) electrons. The van der Waals surface area contributed by atoms with Crippen LogP contribution in [0.4, 0.5) is 0 Å². The fourth-order valence-electron chi connectivity index (χ4n) is 1.75. The largest absolute Gasteiger partial charge is 0.485 e. The minimum absolute atomic E-state index is 0. The number of carbonyl (C=O) groups excluding carboxylic acids is 1. The van der Waals surface area contributed by atoms with Crippen LogP contribution in [0.2, 0.25) is 0 Å². The van der Waals surface area contributed by atoms with Crippen LogP contribution >= 0.6 is 0 Å². The molecule has 0 bridgehead atoms. The molecule has 1 aliphatic rings. The number of hydrogen-bond donors (Lipinski definition) is 1. The van der Waals surface area contributed by atoms with Gasteiger partial charge < -0.3 is 24.8 Å². The first-order valence-corrected chi connectivity index (χ1v) is 6.20. The van der Waals surface area contributed by atoms with Crippen LogP contribution in [-0.4, -0.2) is 45.3 Å². The third-order valence-electron chi connectivity index (χ3n) is 2.68. The summed E-state index contributed by atoms with van der Waals surface area (Å²) < 4.78 is 10.8. The maximum atomic E-state index is 11.4. The summed E-state index contributed by atoms with van der Waals surface area (Å²) in [6.07, 6.45) is 2.63. The van der Waals surface area contributed by atoms with Gasteiger partial charge in [0.15, 0.2) is 11.2 Å². The molecule has 1 aromatic rings. The second-order valence-corrected chi connectivity index (χ2v) is 4.18. The molecule has 23 heavy (non-hydrogen) atoms. The Kier molecular flexibility index (Phi) is 13.7. The normalized spacial score (nSPS) is 18.9. The van der Waals surface area contributed by atoms with E-state index in [1.165, 1.54) is 16.8 Å². The Hall–Kier alpha value is -0.605. The molecule has 0 saturated carbocycles. The fraction of sp³-hybridized carbons (Fsp3) is 0.583. The molecular formula is C12H18B2LaN3O5-. The van der Waals surface area contributed by atoms with Gasteiger partial charge in [0, 0.05) is 48.0 Å². The van der Waals surface area contributed by atoms with Gasteiger partial charge in [-0.2, -0.15) is 0 Å². The maximum absolute atomic E-state index is 11.4. The van der Waals surface area contributed by atoms with Gasteiger partial charge in [-0.05, 0) is 18.9 Å². The number of nitrogens with zero attached hydrogens (tertiary/aromatic N) is 2. The van der Waals surface area contributed by atoms with Crippen LogP contribution in [0.3, 0.4) is 0 Å². The summed E-state index contributed by atoms with van der Waals surface area (Å²) in [7, 11) is 9.45. The molecule has 1 aliphatic heterocycles. The number of nitrogens with two attached hydrogens (primary N) is 1. The van der Waals surface area contributed by atoms with Crippen LogP contribution in [0.15, 0.2) is 21.9 Å². The Morgan fingerprint density at radius 2 is 2.13 bits per heavy atom. The summed E-state index contributed by atoms with van der Waals surface area (Å²) in [6.45, 7) is 0.642. The second kappa shape index (κ2) is 12.8. The zero-order chi connectivity index (χ0) is 15.8. The number of ether oxygens (including phenoxy) is 2. The van der Waals surface area contributed by atoms with Crippen molar-refractivity contribution in [3.05, 3.63) is 33.1 Å². The van der Waals surface area contributed by atoms with Crippen molar-refractivity contribution in [1.29, 1.82) is 0 Å². The van der Waals surface area contributed by atoms with Crippen LogP contribution in [0.25, 0.3) is 0 Å². The van der Waals surface area contributed by atoms with Crippen molar-refractivity contribution in [1.82, 2.24) is 9.55 Å². The average Bonchev–Trinajstić information content (AvgIpc) is 2.88. The van der Waals surface area contributed by atoms with E-state index in [9.17, 15) is 14.4 Å². The van der Waals surface area contributed by atoms with Gasteiger partial charge in [0.1, 0.15) is 15.7 Å². The summed E-state index contributed by atoms with van der Waals surface area (Å²) in [4.78, 5) is 34.7. The van der Waals surface area contributed by atoms with E-state index in [1.807, 2.05) is 0 Å². The Bertz CT molecular complexity index is 566. The summed E-state index contributed by atoms with van der Waals surface area (Å²) in [5, 5.41) is 0. The van der Waals surface area contributed by atoms with Crippen molar-refractivity contribution in [3.8, 4) is 0 Å². The number of aromatic nitrogens is 2. The predicted molar refractivity (Wildman–Crippen MR) is 81.7 cm³/mol. The molecule has 1 saturated heterocycles. The first kappa shape index (κ1) is 24.6. The van der Waals surface area contributed by atoms with Crippen molar-refractivity contribution in [2.45, 2.75) is 38.5 Å². The molecule has 2 atom stereocenters. The van der Waals surface area contributed by atoms with Crippen molar-refractivity contribution in [2.24, 2.45) is 5.73 Å². The molecular weight excluding hydrogens is 427 g/mol. The summed E-state index contributed by atoms with van der Waals surface area (Å²) >= 11 is 0. The van der Waals surface area contributed by atoms with Gasteiger partial charge in [-0.25, -0.2) is 0 Å². The van der Waals surface area contributed by atoms with E-state index in [1.54, 1.807) is 0 Å².